The van der Waals surface area contributed by atoms with Crippen molar-refractivity contribution < 1.29 is 4.92 Å². The first-order chi connectivity index (χ1) is 18.2. The summed E-state index contributed by atoms with van der Waals surface area (Å²) in [4.78, 5) is 11.4. The molecule has 7 aromatic rings. The van der Waals surface area contributed by atoms with Gasteiger partial charge < -0.3 is 0 Å². The van der Waals surface area contributed by atoms with Crippen LogP contribution in [0.25, 0.3) is 65.7 Å². The number of rotatable bonds is 4. The molecule has 0 fully saturated rings. The van der Waals surface area contributed by atoms with Crippen molar-refractivity contribution in [1.82, 2.24) is 0 Å². The molecule has 0 aliphatic heterocycles. The Morgan fingerprint density at radius 2 is 0.973 bits per heavy atom. The maximum absolute atomic E-state index is 11.7. The quantitative estimate of drug-likeness (QED) is 0.144. The van der Waals surface area contributed by atoms with Crippen molar-refractivity contribution in [1.29, 1.82) is 0 Å². The van der Waals surface area contributed by atoms with Crippen LogP contribution in [0.5, 0.6) is 0 Å². The second kappa shape index (κ2) is 8.28. The third-order valence-corrected chi connectivity index (χ3v) is 7.30. The summed E-state index contributed by atoms with van der Waals surface area (Å²) in [5.41, 5.74) is 6.36. The number of nitrogens with zero attached hydrogens (tertiary/aromatic N) is 1. The van der Waals surface area contributed by atoms with Gasteiger partial charge in [0.2, 0.25) is 0 Å². The fourth-order valence-corrected chi connectivity index (χ4v) is 5.66. The first kappa shape index (κ1) is 21.3. The number of nitro benzene ring substituents is 1. The molecule has 0 N–H and O–H groups in total. The summed E-state index contributed by atoms with van der Waals surface area (Å²) in [5.74, 6) is 0. The summed E-state index contributed by atoms with van der Waals surface area (Å²) in [6, 6.07) is 43.2. The minimum Gasteiger partial charge on any atom is -0.258 e. The van der Waals surface area contributed by atoms with Crippen LogP contribution in [0.4, 0.5) is 5.69 Å². The highest BCUT2D eigenvalue weighted by atomic mass is 16.6. The van der Waals surface area contributed by atoms with E-state index in [-0.39, 0.29) is 10.6 Å². The van der Waals surface area contributed by atoms with E-state index in [1.54, 1.807) is 12.1 Å². The van der Waals surface area contributed by atoms with Gasteiger partial charge in [-0.15, -0.1) is 0 Å². The summed E-state index contributed by atoms with van der Waals surface area (Å²) >= 11 is 0. The van der Waals surface area contributed by atoms with Gasteiger partial charge in [-0.1, -0.05) is 97.1 Å². The normalized spacial score (nSPS) is 11.5. The predicted molar refractivity (Wildman–Crippen MR) is 153 cm³/mol. The van der Waals surface area contributed by atoms with Crippen molar-refractivity contribution in [3.63, 3.8) is 0 Å². The zero-order valence-corrected chi connectivity index (χ0v) is 19.9. The molecule has 3 heteroatoms. The average Bonchev–Trinajstić information content (AvgIpc) is 2.96. The van der Waals surface area contributed by atoms with Gasteiger partial charge in [-0.2, -0.15) is 0 Å². The Bertz CT molecular complexity index is 1840. The highest BCUT2D eigenvalue weighted by molar-refractivity contribution is 6.28. The van der Waals surface area contributed by atoms with Crippen LogP contribution in [-0.4, -0.2) is 4.92 Å². The van der Waals surface area contributed by atoms with E-state index in [0.717, 1.165) is 16.3 Å². The van der Waals surface area contributed by atoms with Crippen molar-refractivity contribution >= 4 is 38.0 Å². The Hall–Kier alpha value is -5.02. The minimum absolute atomic E-state index is 0.119. The SMILES string of the molecule is O=[N+]([O-])c1ccccc1-c1cc2ccc3c(-c4ccccc4)cc(-c4ccccc4)c4ccc(c1)c2c34. The molecule has 174 valence electrons. The second-order valence-corrected chi connectivity index (χ2v) is 9.38. The molecule has 0 aromatic heterocycles. The van der Waals surface area contributed by atoms with Crippen molar-refractivity contribution in [3.8, 4) is 33.4 Å². The molecule has 0 saturated heterocycles. The number of hydrogen-bond acceptors (Lipinski definition) is 2. The van der Waals surface area contributed by atoms with Crippen LogP contribution in [-0.2, 0) is 0 Å². The maximum atomic E-state index is 11.7. The first-order valence-electron chi connectivity index (χ1n) is 12.3. The van der Waals surface area contributed by atoms with Gasteiger partial charge in [0.05, 0.1) is 10.5 Å². The molecule has 7 rings (SSSR count). The zero-order chi connectivity index (χ0) is 24.9. The van der Waals surface area contributed by atoms with Crippen LogP contribution >= 0.6 is 0 Å². The molecule has 0 heterocycles. The monoisotopic (exact) mass is 475 g/mol. The van der Waals surface area contributed by atoms with Crippen molar-refractivity contribution in [2.45, 2.75) is 0 Å². The summed E-state index contributed by atoms with van der Waals surface area (Å²) in [5, 5.41) is 18.7. The molecule has 37 heavy (non-hydrogen) atoms. The van der Waals surface area contributed by atoms with Gasteiger partial charge in [-0.3, -0.25) is 10.1 Å². The molecule has 0 amide bonds. The summed E-state index contributed by atoms with van der Waals surface area (Å²) in [6.45, 7) is 0. The lowest BCUT2D eigenvalue weighted by molar-refractivity contribution is -0.384. The molecule has 0 unspecified atom stereocenters. The Morgan fingerprint density at radius 1 is 0.459 bits per heavy atom. The van der Waals surface area contributed by atoms with E-state index in [2.05, 4.69) is 91.0 Å². The van der Waals surface area contributed by atoms with Crippen LogP contribution in [0.2, 0.25) is 0 Å². The molecule has 3 nitrogen and oxygen atoms in total. The van der Waals surface area contributed by atoms with E-state index in [1.165, 1.54) is 43.8 Å². The van der Waals surface area contributed by atoms with Crippen LogP contribution in [0.1, 0.15) is 0 Å². The lowest BCUT2D eigenvalue weighted by Crippen LogP contribution is -1.93. The van der Waals surface area contributed by atoms with E-state index in [1.807, 2.05) is 24.3 Å². The third kappa shape index (κ3) is 3.36. The van der Waals surface area contributed by atoms with Gasteiger partial charge in [0.25, 0.3) is 5.69 Å². The Morgan fingerprint density at radius 3 is 1.51 bits per heavy atom. The van der Waals surface area contributed by atoms with Gasteiger partial charge in [-0.25, -0.2) is 0 Å². The average molecular weight is 476 g/mol. The second-order valence-electron chi connectivity index (χ2n) is 9.38. The van der Waals surface area contributed by atoms with Crippen molar-refractivity contribution in [3.05, 3.63) is 138 Å². The molecule has 0 atom stereocenters. The molecule has 0 aliphatic carbocycles. The Kier molecular flexibility index (Phi) is 4.76. The van der Waals surface area contributed by atoms with Crippen LogP contribution in [0.15, 0.2) is 127 Å². The summed E-state index contributed by atoms with van der Waals surface area (Å²) in [6.07, 6.45) is 0. The predicted octanol–water partition coefficient (Wildman–Crippen LogP) is 9.49. The van der Waals surface area contributed by atoms with E-state index in [4.69, 9.17) is 0 Å². The van der Waals surface area contributed by atoms with Crippen LogP contribution in [0.3, 0.4) is 0 Å². The lowest BCUT2D eigenvalue weighted by Gasteiger charge is -2.19. The van der Waals surface area contributed by atoms with Crippen LogP contribution < -0.4 is 0 Å². The topological polar surface area (TPSA) is 43.1 Å². The fraction of sp³-hybridized carbons (Fsp3) is 0. The highest BCUT2D eigenvalue weighted by Gasteiger charge is 2.19. The highest BCUT2D eigenvalue weighted by Crippen LogP contribution is 2.45. The molecule has 0 aliphatic rings. The molecular formula is C34H21NO2. The largest absolute Gasteiger partial charge is 0.277 e. The smallest absolute Gasteiger partial charge is 0.258 e. The number of hydrogen-bond donors (Lipinski definition) is 0. The molecule has 0 spiro atoms. The molecule has 0 bridgehead atoms. The first-order valence-corrected chi connectivity index (χ1v) is 12.3. The van der Waals surface area contributed by atoms with Crippen molar-refractivity contribution in [2.24, 2.45) is 0 Å². The Labute approximate surface area is 213 Å². The maximum Gasteiger partial charge on any atom is 0.277 e. The van der Waals surface area contributed by atoms with Crippen molar-refractivity contribution in [2.75, 3.05) is 0 Å². The molecular weight excluding hydrogens is 454 g/mol. The van der Waals surface area contributed by atoms with E-state index < -0.39 is 0 Å². The number of para-hydroxylation sites is 1. The number of benzene rings is 7. The standard InChI is InChI=1S/C34H21NO2/c36-35(37)32-14-8-7-13-27(32)26-19-24-15-17-28-30(22-9-3-1-4-10-22)21-31(23-11-5-2-6-12-23)29-18-16-25(20-26)33(24)34(28)29/h1-21H. The van der Waals surface area contributed by atoms with E-state index >= 15 is 0 Å². The Balaban J connectivity index is 1.60. The van der Waals surface area contributed by atoms with E-state index in [9.17, 15) is 10.1 Å². The van der Waals surface area contributed by atoms with Gasteiger partial charge in [0.1, 0.15) is 0 Å². The molecule has 0 radical (unpaired) electrons. The van der Waals surface area contributed by atoms with Crippen LogP contribution in [0, 0.1) is 10.1 Å². The fourth-order valence-electron chi connectivity index (χ4n) is 5.66. The summed E-state index contributed by atoms with van der Waals surface area (Å²) < 4.78 is 0. The molecule has 7 aromatic carbocycles. The number of nitro groups is 1. The third-order valence-electron chi connectivity index (χ3n) is 7.30. The molecule has 0 saturated carbocycles. The van der Waals surface area contributed by atoms with Gasteiger partial charge in [-0.05, 0) is 84.4 Å². The van der Waals surface area contributed by atoms with Gasteiger partial charge >= 0.3 is 0 Å². The summed E-state index contributed by atoms with van der Waals surface area (Å²) in [7, 11) is 0. The van der Waals surface area contributed by atoms with Gasteiger partial charge in [0, 0.05) is 6.07 Å². The lowest BCUT2D eigenvalue weighted by atomic mass is 9.84. The minimum atomic E-state index is -0.308. The van der Waals surface area contributed by atoms with Gasteiger partial charge in [0.15, 0.2) is 0 Å². The van der Waals surface area contributed by atoms with E-state index in [0.29, 0.717) is 5.56 Å². The zero-order valence-electron chi connectivity index (χ0n) is 19.9.